The van der Waals surface area contributed by atoms with E-state index in [-0.39, 0.29) is 43.8 Å². The van der Waals surface area contributed by atoms with E-state index in [9.17, 15) is 13.2 Å². The first-order valence-corrected chi connectivity index (χ1v) is 7.47. The van der Waals surface area contributed by atoms with E-state index in [1.54, 1.807) is 0 Å². The van der Waals surface area contributed by atoms with Gasteiger partial charge >= 0.3 is 6.18 Å². The second-order valence-corrected chi connectivity index (χ2v) is 6.07. The van der Waals surface area contributed by atoms with Crippen LogP contribution in [0.4, 0.5) is 13.2 Å². The van der Waals surface area contributed by atoms with E-state index in [0.29, 0.717) is 26.1 Å². The molecule has 1 heterocycles. The van der Waals surface area contributed by atoms with Crippen molar-refractivity contribution in [2.24, 2.45) is 23.7 Å². The topological polar surface area (TPSA) is 58.9 Å². The van der Waals surface area contributed by atoms with Crippen molar-refractivity contribution < 1.29 is 32.9 Å². The number of aliphatic hydroxyl groups excluding tert-OH is 2. The minimum atomic E-state index is -4.10. The predicted octanol–water partition coefficient (Wildman–Crippen LogP) is 1.94. The van der Waals surface area contributed by atoms with E-state index in [2.05, 4.69) is 0 Å². The zero-order valence-corrected chi connectivity index (χ0v) is 11.9. The molecular weight excluding hydrogens is 289 g/mol. The number of rotatable bonds is 4. The lowest BCUT2D eigenvalue weighted by molar-refractivity contribution is -0.245. The Morgan fingerprint density at radius 3 is 1.90 bits per heavy atom. The summed E-state index contributed by atoms with van der Waals surface area (Å²) < 4.78 is 49.1. The number of alkyl halides is 3. The molecule has 7 heteroatoms. The summed E-state index contributed by atoms with van der Waals surface area (Å²) in [5.74, 6) is -1.53. The number of halogens is 3. The molecule has 0 aromatic rings. The van der Waals surface area contributed by atoms with Crippen LogP contribution in [0.5, 0.6) is 0 Å². The molecule has 2 N–H and O–H groups in total. The van der Waals surface area contributed by atoms with Crippen molar-refractivity contribution in [1.29, 1.82) is 0 Å². The maximum absolute atomic E-state index is 12.6. The molecule has 1 saturated carbocycles. The summed E-state index contributed by atoms with van der Waals surface area (Å²) in [5.41, 5.74) is 0. The number of hydrogen-bond donors (Lipinski definition) is 2. The first kappa shape index (κ1) is 17.0. The third-order valence-electron chi connectivity index (χ3n) is 4.70. The minimum absolute atomic E-state index is 0.00579. The van der Waals surface area contributed by atoms with Crippen LogP contribution in [0.1, 0.15) is 25.7 Å². The van der Waals surface area contributed by atoms with Gasteiger partial charge in [-0.2, -0.15) is 13.2 Å². The zero-order chi connectivity index (χ0) is 15.5. The van der Waals surface area contributed by atoms with Crippen LogP contribution in [0.25, 0.3) is 0 Å². The molecule has 2 aliphatic rings. The van der Waals surface area contributed by atoms with Crippen molar-refractivity contribution in [3.63, 3.8) is 0 Å². The first-order chi connectivity index (χ1) is 9.95. The van der Waals surface area contributed by atoms with Gasteiger partial charge in [0.15, 0.2) is 6.29 Å². The van der Waals surface area contributed by atoms with E-state index < -0.39 is 18.4 Å². The fourth-order valence-electron chi connectivity index (χ4n) is 3.15. The Bertz CT molecular complexity index is 304. The Hall–Kier alpha value is -0.370. The molecule has 0 aromatic carbocycles. The van der Waals surface area contributed by atoms with Gasteiger partial charge in [0, 0.05) is 31.0 Å². The summed E-state index contributed by atoms with van der Waals surface area (Å²) in [5, 5.41) is 18.2. The quantitative estimate of drug-likeness (QED) is 0.833. The molecule has 2 fully saturated rings. The third kappa shape index (κ3) is 4.31. The van der Waals surface area contributed by atoms with Crippen LogP contribution in [-0.2, 0) is 9.47 Å². The molecule has 0 spiro atoms. The van der Waals surface area contributed by atoms with Gasteiger partial charge in [-0.3, -0.25) is 0 Å². The fraction of sp³-hybridized carbons (Fsp3) is 1.00. The average molecular weight is 312 g/mol. The summed E-state index contributed by atoms with van der Waals surface area (Å²) >= 11 is 0. The van der Waals surface area contributed by atoms with Gasteiger partial charge in [0.1, 0.15) is 0 Å². The highest BCUT2D eigenvalue weighted by Crippen LogP contribution is 2.41. The largest absolute Gasteiger partial charge is 0.396 e. The van der Waals surface area contributed by atoms with Gasteiger partial charge in [-0.25, -0.2) is 0 Å². The van der Waals surface area contributed by atoms with Crippen LogP contribution in [-0.4, -0.2) is 49.1 Å². The third-order valence-corrected chi connectivity index (χ3v) is 4.70. The monoisotopic (exact) mass is 312 g/mol. The highest BCUT2D eigenvalue weighted by molar-refractivity contribution is 4.81. The molecule has 1 aliphatic carbocycles. The number of ether oxygens (including phenoxy) is 2. The van der Waals surface area contributed by atoms with Gasteiger partial charge in [0.2, 0.25) is 0 Å². The van der Waals surface area contributed by atoms with E-state index in [1.807, 2.05) is 0 Å². The molecule has 2 rings (SSSR count). The zero-order valence-electron chi connectivity index (χ0n) is 11.9. The maximum atomic E-state index is 12.6. The predicted molar refractivity (Wildman–Crippen MR) is 68.3 cm³/mol. The van der Waals surface area contributed by atoms with Crippen molar-refractivity contribution in [2.75, 3.05) is 26.4 Å². The van der Waals surface area contributed by atoms with Gasteiger partial charge in [0.25, 0.3) is 0 Å². The molecule has 4 nitrogen and oxygen atoms in total. The highest BCUT2D eigenvalue weighted by Gasteiger charge is 2.43. The van der Waals surface area contributed by atoms with Crippen LogP contribution in [0.15, 0.2) is 0 Å². The van der Waals surface area contributed by atoms with Crippen LogP contribution >= 0.6 is 0 Å². The van der Waals surface area contributed by atoms with Crippen molar-refractivity contribution in [3.05, 3.63) is 0 Å². The lowest BCUT2D eigenvalue weighted by Gasteiger charge is -2.39. The second-order valence-electron chi connectivity index (χ2n) is 6.07. The lowest BCUT2D eigenvalue weighted by Crippen LogP contribution is -2.43. The summed E-state index contributed by atoms with van der Waals surface area (Å²) in [6, 6.07) is 0. The fourth-order valence-corrected chi connectivity index (χ4v) is 3.15. The van der Waals surface area contributed by atoms with Crippen molar-refractivity contribution in [2.45, 2.75) is 38.1 Å². The lowest BCUT2D eigenvalue weighted by atomic mass is 9.81. The normalized spacial score (nSPS) is 35.1. The molecule has 0 bridgehead atoms. The Balaban J connectivity index is 1.76. The molecule has 0 unspecified atom stereocenters. The second kappa shape index (κ2) is 7.26. The first-order valence-electron chi connectivity index (χ1n) is 7.47. The SMILES string of the molecule is OCC(CO)C1COC(C2CCC(C(F)(F)F)CC2)OC1. The van der Waals surface area contributed by atoms with Crippen LogP contribution in [0.2, 0.25) is 0 Å². The van der Waals surface area contributed by atoms with E-state index >= 15 is 0 Å². The molecule has 124 valence electrons. The van der Waals surface area contributed by atoms with E-state index in [4.69, 9.17) is 19.7 Å². The summed E-state index contributed by atoms with van der Waals surface area (Å²) in [7, 11) is 0. The molecule has 1 saturated heterocycles. The number of hydrogen-bond acceptors (Lipinski definition) is 4. The molecule has 0 amide bonds. The average Bonchev–Trinajstić information content (AvgIpc) is 2.48. The van der Waals surface area contributed by atoms with Crippen molar-refractivity contribution in [3.8, 4) is 0 Å². The van der Waals surface area contributed by atoms with Crippen molar-refractivity contribution in [1.82, 2.24) is 0 Å². The number of aliphatic hydroxyl groups is 2. The van der Waals surface area contributed by atoms with Crippen LogP contribution in [0, 0.1) is 23.7 Å². The van der Waals surface area contributed by atoms with Crippen LogP contribution in [0.3, 0.4) is 0 Å². The Kier molecular flexibility index (Phi) is 5.88. The minimum Gasteiger partial charge on any atom is -0.396 e. The van der Waals surface area contributed by atoms with Gasteiger partial charge in [-0.1, -0.05) is 0 Å². The summed E-state index contributed by atoms with van der Waals surface area (Å²) in [6.45, 7) is 0.482. The molecule has 0 radical (unpaired) electrons. The highest BCUT2D eigenvalue weighted by atomic mass is 19.4. The summed E-state index contributed by atoms with van der Waals surface area (Å²) in [6.07, 6.45) is -3.35. The molecule has 21 heavy (non-hydrogen) atoms. The van der Waals surface area contributed by atoms with Crippen LogP contribution < -0.4 is 0 Å². The maximum Gasteiger partial charge on any atom is 0.391 e. The Morgan fingerprint density at radius 2 is 1.48 bits per heavy atom. The van der Waals surface area contributed by atoms with Gasteiger partial charge in [0.05, 0.1) is 19.1 Å². The van der Waals surface area contributed by atoms with Gasteiger partial charge < -0.3 is 19.7 Å². The van der Waals surface area contributed by atoms with E-state index in [1.165, 1.54) is 0 Å². The Morgan fingerprint density at radius 1 is 0.952 bits per heavy atom. The van der Waals surface area contributed by atoms with E-state index in [0.717, 1.165) is 0 Å². The smallest absolute Gasteiger partial charge is 0.391 e. The van der Waals surface area contributed by atoms with Gasteiger partial charge in [-0.15, -0.1) is 0 Å². The molecular formula is C14H23F3O4. The van der Waals surface area contributed by atoms with Crippen molar-refractivity contribution >= 4 is 0 Å². The molecule has 0 atom stereocenters. The van der Waals surface area contributed by atoms with Gasteiger partial charge in [-0.05, 0) is 25.7 Å². The Labute approximate surface area is 122 Å². The molecule has 0 aromatic heterocycles. The molecule has 1 aliphatic heterocycles. The summed E-state index contributed by atoms with van der Waals surface area (Å²) in [4.78, 5) is 0. The standard InChI is InChI=1S/C14H23F3O4/c15-14(16,17)12-3-1-9(2-4-12)13-20-7-11(8-21-13)10(5-18)6-19/h9-13,18-19H,1-8H2.